The first-order chi connectivity index (χ1) is 21.7. The molecule has 0 saturated heterocycles. The summed E-state index contributed by atoms with van der Waals surface area (Å²) >= 11 is 1.84. The first-order valence-electron chi connectivity index (χ1n) is 14.8. The van der Waals surface area contributed by atoms with Crippen LogP contribution in [0.15, 0.2) is 30.5 Å². The van der Waals surface area contributed by atoms with Crippen molar-refractivity contribution in [3.63, 3.8) is 0 Å². The molecule has 3 aromatic heterocycles. The molecule has 0 saturated carbocycles. The minimum Gasteiger partial charge on any atom is -0.326 e. The number of nitrogens with one attached hydrogen (secondary N) is 1. The average molecular weight is 773 g/mol. The first-order valence-corrected chi connectivity index (χ1v) is 19.2. The number of aryl methyl sites for hydroxylation is 1. The van der Waals surface area contributed by atoms with Crippen LogP contribution >= 0.6 is 39.5 Å². The lowest BCUT2D eigenvalue weighted by molar-refractivity contribution is 0.203. The average Bonchev–Trinajstić information content (AvgIpc) is 3.38. The Morgan fingerprint density at radius 3 is 2.51 bits per heavy atom. The Hall–Kier alpha value is -2.07. The van der Waals surface area contributed by atoms with E-state index < -0.39 is 20.2 Å². The van der Waals surface area contributed by atoms with E-state index in [1.54, 1.807) is 6.07 Å². The van der Waals surface area contributed by atoms with Gasteiger partial charge in [0.25, 0.3) is 8.53 Å². The maximum atomic E-state index is 15.1. The molecular weight excluding hydrogens is 732 g/mol. The lowest BCUT2D eigenvalue weighted by Crippen LogP contribution is -2.36. The number of likely N-dealkylation sites (N-methyl/N-ethyl adjacent to an activating group) is 1. The van der Waals surface area contributed by atoms with Crippen LogP contribution < -0.4 is 5.32 Å². The monoisotopic (exact) mass is 772 g/mol. The molecule has 10 nitrogen and oxygen atoms in total. The first kappa shape index (κ1) is 35.8. The maximum Gasteiger partial charge on any atom is 0.258 e. The summed E-state index contributed by atoms with van der Waals surface area (Å²) in [7, 11) is 4.50. The van der Waals surface area contributed by atoms with Crippen LogP contribution in [0.1, 0.15) is 50.8 Å². The number of fused-ring (bicyclic) bond motifs is 2. The standard InChI is InChI=1S/C30H39F2N8O2P.HIS/c1-7-41-43(42-8-2)38(6)13-14-39-12-11-25-21(18-39)9-10-27(35-25)36-30-33-17-24(32)28(37-30)22-15-23(31)29-26(16-22)40(19(3)4)20(5)34-29;1-2/h9-10,15-17,19H,7-8,11-14,18H2,1-6H3,(H,33,35,36,37);2H. The Kier molecular flexibility index (Phi) is 13.2. The normalized spacial score (nSPS) is 13.4. The smallest absolute Gasteiger partial charge is 0.258 e. The van der Waals surface area contributed by atoms with E-state index in [-0.39, 0.29) is 23.2 Å². The number of anilines is 2. The van der Waals surface area contributed by atoms with Crippen molar-refractivity contribution in [1.82, 2.24) is 34.1 Å². The van der Waals surface area contributed by atoms with E-state index in [9.17, 15) is 4.39 Å². The molecule has 0 spiro atoms. The van der Waals surface area contributed by atoms with Gasteiger partial charge in [-0.1, -0.05) is 6.07 Å². The molecule has 0 unspecified atom stereocenters. The van der Waals surface area contributed by atoms with E-state index >= 15 is 4.39 Å². The zero-order chi connectivity index (χ0) is 32.7. The predicted molar refractivity (Wildman–Crippen MR) is 188 cm³/mol. The number of halogens is 3. The van der Waals surface area contributed by atoms with Gasteiger partial charge in [0, 0.05) is 49.9 Å². The van der Waals surface area contributed by atoms with Crippen LogP contribution in [0.2, 0.25) is 0 Å². The van der Waals surface area contributed by atoms with Crippen LogP contribution in [0.25, 0.3) is 22.3 Å². The quantitative estimate of drug-likeness (QED) is 0.0856. The molecule has 244 valence electrons. The van der Waals surface area contributed by atoms with Crippen LogP contribution in [0.5, 0.6) is 0 Å². The fraction of sp³-hybridized carbons (Fsp3) is 0.467. The number of thiol groups is 1. The summed E-state index contributed by atoms with van der Waals surface area (Å²) in [6.07, 6.45) is 1.89. The predicted octanol–water partition coefficient (Wildman–Crippen LogP) is 7.66. The van der Waals surface area contributed by atoms with Crippen molar-refractivity contribution in [2.24, 2.45) is 0 Å². The van der Waals surface area contributed by atoms with Crippen molar-refractivity contribution in [2.45, 2.75) is 53.6 Å². The fourth-order valence-electron chi connectivity index (χ4n) is 5.36. The van der Waals surface area contributed by atoms with Gasteiger partial charge in [0.1, 0.15) is 22.9 Å². The Labute approximate surface area is 282 Å². The van der Waals surface area contributed by atoms with E-state index in [4.69, 9.17) is 14.0 Å². The highest BCUT2D eigenvalue weighted by Gasteiger charge is 2.22. The van der Waals surface area contributed by atoms with Crippen molar-refractivity contribution in [3.8, 4) is 11.3 Å². The molecule has 0 amide bonds. The Bertz CT molecular complexity index is 1590. The molecule has 0 bridgehead atoms. The number of rotatable bonds is 12. The summed E-state index contributed by atoms with van der Waals surface area (Å²) in [5, 5.41) is 3.11. The maximum absolute atomic E-state index is 15.1. The minimum atomic E-state index is -1.03. The summed E-state index contributed by atoms with van der Waals surface area (Å²) in [6, 6.07) is 6.98. The molecule has 1 aliphatic rings. The van der Waals surface area contributed by atoms with Crippen molar-refractivity contribution < 1.29 is 17.8 Å². The third-order valence-corrected chi connectivity index (χ3v) is 9.04. The molecule has 1 aliphatic heterocycles. The minimum absolute atomic E-state index is 0.00312. The molecule has 1 N–H and O–H groups in total. The van der Waals surface area contributed by atoms with Crippen molar-refractivity contribution >= 4 is 62.3 Å². The fourth-order valence-corrected chi connectivity index (χ4v) is 6.52. The Morgan fingerprint density at radius 2 is 1.82 bits per heavy atom. The van der Waals surface area contributed by atoms with Crippen LogP contribution in [0.3, 0.4) is 0 Å². The van der Waals surface area contributed by atoms with Gasteiger partial charge in [0.05, 0.1) is 24.9 Å². The second-order valence-corrected chi connectivity index (χ2v) is 12.4. The largest absolute Gasteiger partial charge is 0.326 e. The molecule has 0 atom stereocenters. The highest BCUT2D eigenvalue weighted by atomic mass is 127. The number of aromatic nitrogens is 5. The molecule has 4 heterocycles. The Balaban J connectivity index is 0.00000226. The lowest BCUT2D eigenvalue weighted by Gasteiger charge is -2.31. The van der Waals surface area contributed by atoms with Crippen LogP contribution in [0, 0.1) is 18.6 Å². The molecule has 0 radical (unpaired) electrons. The van der Waals surface area contributed by atoms with Crippen molar-refractivity contribution in [1.29, 1.82) is 0 Å². The summed E-state index contributed by atoms with van der Waals surface area (Å²) in [4.78, 5) is 20.1. The van der Waals surface area contributed by atoms with Gasteiger partial charge in [0.2, 0.25) is 5.95 Å². The molecule has 0 fully saturated rings. The zero-order valence-electron chi connectivity index (χ0n) is 26.4. The van der Waals surface area contributed by atoms with Crippen molar-refractivity contribution in [2.75, 3.05) is 45.2 Å². The van der Waals surface area contributed by atoms with Gasteiger partial charge in [-0.15, -0.1) is 9.80 Å². The number of hydrogen-bond acceptors (Lipinski definition) is 10. The molecular formula is C30H40F2IN8O2PS. The highest BCUT2D eigenvalue weighted by molar-refractivity contribution is 14.2. The van der Waals surface area contributed by atoms with Gasteiger partial charge in [-0.2, -0.15) is 0 Å². The van der Waals surface area contributed by atoms with Crippen molar-refractivity contribution in [3.05, 3.63) is 59.2 Å². The zero-order valence-corrected chi connectivity index (χ0v) is 30.3. The third kappa shape index (κ3) is 8.65. The number of pyridine rings is 1. The Morgan fingerprint density at radius 1 is 1.09 bits per heavy atom. The molecule has 5 rings (SSSR count). The third-order valence-electron chi connectivity index (χ3n) is 7.32. The van der Waals surface area contributed by atoms with Gasteiger partial charge >= 0.3 is 0 Å². The van der Waals surface area contributed by atoms with E-state index in [1.165, 1.54) is 6.07 Å². The number of hydrogen-bond donors (Lipinski definition) is 2. The molecule has 4 aromatic rings. The van der Waals surface area contributed by atoms with E-state index in [1.807, 2.05) is 73.5 Å². The van der Waals surface area contributed by atoms with Crippen LogP contribution in [0.4, 0.5) is 20.5 Å². The van der Waals surface area contributed by atoms with Crippen LogP contribution in [-0.2, 0) is 22.0 Å². The van der Waals surface area contributed by atoms with Gasteiger partial charge in [-0.3, -0.25) is 4.90 Å². The second kappa shape index (κ2) is 16.7. The summed E-state index contributed by atoms with van der Waals surface area (Å²) in [5.74, 6) is 0.273. The number of benzene rings is 1. The number of nitrogens with zero attached hydrogens (tertiary/aromatic N) is 7. The molecule has 1 aromatic carbocycles. The van der Waals surface area contributed by atoms with Crippen LogP contribution in [-0.4, -0.2) is 74.0 Å². The molecule has 15 heteroatoms. The summed E-state index contributed by atoms with van der Waals surface area (Å²) < 4.78 is 45.6. The number of imidazole rings is 1. The summed E-state index contributed by atoms with van der Waals surface area (Å²) in [5.41, 5.74) is 3.34. The van der Waals surface area contributed by atoms with Gasteiger partial charge in [-0.25, -0.2) is 33.4 Å². The van der Waals surface area contributed by atoms with Gasteiger partial charge in [-0.05, 0) is 86.6 Å². The van der Waals surface area contributed by atoms with E-state index in [0.29, 0.717) is 35.9 Å². The lowest BCUT2D eigenvalue weighted by atomic mass is 10.1. The molecule has 0 aliphatic carbocycles. The topological polar surface area (TPSA) is 93.5 Å². The second-order valence-electron chi connectivity index (χ2n) is 10.7. The summed E-state index contributed by atoms with van der Waals surface area (Å²) in [6.45, 7) is 14.4. The van der Waals surface area contributed by atoms with E-state index in [0.717, 1.165) is 50.1 Å². The van der Waals surface area contributed by atoms with E-state index in [2.05, 4.69) is 45.7 Å². The van der Waals surface area contributed by atoms with Gasteiger partial charge in [0.15, 0.2) is 11.6 Å². The van der Waals surface area contributed by atoms with Gasteiger partial charge < -0.3 is 18.9 Å². The SMILES string of the molecule is CCOP(OCC)N(C)CCN1CCc2nc(Nc3ncc(F)c(-c4cc(F)c5nc(C)n(C(C)C)c5c4)n3)ccc2C1.SI. The highest BCUT2D eigenvalue weighted by Crippen LogP contribution is 2.41. The molecule has 45 heavy (non-hydrogen) atoms.